The van der Waals surface area contributed by atoms with E-state index in [4.69, 9.17) is 5.73 Å². The van der Waals surface area contributed by atoms with Crippen molar-refractivity contribution >= 4 is 0 Å². The first-order chi connectivity index (χ1) is 5.97. The van der Waals surface area contributed by atoms with Gasteiger partial charge in [-0.2, -0.15) is 13.2 Å². The average molecular weight is 197 g/mol. The minimum Gasteiger partial charge on any atom is -0.371 e. The Balaban J connectivity index is 2.12. The molecule has 0 spiro atoms. The minimum absolute atomic E-state index is 0.0278. The first-order valence-electron chi connectivity index (χ1n) is 4.32. The summed E-state index contributed by atoms with van der Waals surface area (Å²) in [6, 6.07) is 0. The highest BCUT2D eigenvalue weighted by Gasteiger charge is 2.42. The molecule has 78 valence electrons. The van der Waals surface area contributed by atoms with Crippen molar-refractivity contribution in [3.05, 3.63) is 0 Å². The van der Waals surface area contributed by atoms with E-state index < -0.39 is 12.8 Å². The lowest BCUT2D eigenvalue weighted by atomic mass is 10.0. The van der Waals surface area contributed by atoms with Crippen LogP contribution < -0.4 is 5.73 Å². The lowest BCUT2D eigenvalue weighted by Crippen LogP contribution is -2.22. The quantitative estimate of drug-likeness (QED) is 0.728. The van der Waals surface area contributed by atoms with Crippen LogP contribution in [0.15, 0.2) is 0 Å². The third-order valence-corrected chi connectivity index (χ3v) is 2.31. The normalized spacial score (nSPS) is 20.3. The van der Waals surface area contributed by atoms with Gasteiger partial charge < -0.3 is 10.5 Å². The second kappa shape index (κ2) is 3.84. The molecule has 1 rings (SSSR count). The smallest absolute Gasteiger partial charge is 0.371 e. The van der Waals surface area contributed by atoms with Crippen LogP contribution in [0.25, 0.3) is 0 Å². The summed E-state index contributed by atoms with van der Waals surface area (Å²) in [6.07, 6.45) is -1.55. The van der Waals surface area contributed by atoms with Gasteiger partial charge in [-0.05, 0) is 31.2 Å². The summed E-state index contributed by atoms with van der Waals surface area (Å²) in [5, 5.41) is 0. The van der Waals surface area contributed by atoms with E-state index in [-0.39, 0.29) is 12.0 Å². The highest BCUT2D eigenvalue weighted by molar-refractivity contribution is 4.92. The van der Waals surface area contributed by atoms with Crippen LogP contribution in [0.2, 0.25) is 0 Å². The van der Waals surface area contributed by atoms with E-state index in [1.807, 2.05) is 0 Å². The predicted molar refractivity (Wildman–Crippen MR) is 42.2 cm³/mol. The highest BCUT2D eigenvalue weighted by atomic mass is 19.4. The fourth-order valence-corrected chi connectivity index (χ4v) is 1.33. The van der Waals surface area contributed by atoms with Crippen molar-refractivity contribution in [2.45, 2.75) is 25.4 Å². The van der Waals surface area contributed by atoms with Crippen molar-refractivity contribution in [1.29, 1.82) is 0 Å². The number of ether oxygens (including phenoxy) is 1. The van der Waals surface area contributed by atoms with Crippen molar-refractivity contribution in [1.82, 2.24) is 0 Å². The molecule has 0 aromatic rings. The van der Waals surface area contributed by atoms with E-state index in [1.54, 1.807) is 0 Å². The van der Waals surface area contributed by atoms with Crippen LogP contribution in [0.1, 0.15) is 19.3 Å². The molecule has 0 aromatic heterocycles. The van der Waals surface area contributed by atoms with Gasteiger partial charge in [0.25, 0.3) is 0 Å². The Hall–Kier alpha value is -0.290. The van der Waals surface area contributed by atoms with Gasteiger partial charge in [-0.25, -0.2) is 0 Å². The number of rotatable bonds is 5. The zero-order valence-corrected chi connectivity index (χ0v) is 7.36. The fraction of sp³-hybridized carbons (Fsp3) is 1.00. The fourth-order valence-electron chi connectivity index (χ4n) is 1.33. The maximum Gasteiger partial charge on any atom is 0.411 e. The molecule has 13 heavy (non-hydrogen) atoms. The molecule has 5 heteroatoms. The summed E-state index contributed by atoms with van der Waals surface area (Å²) in [5.74, 6) is 0. The molecule has 0 unspecified atom stereocenters. The molecule has 0 bridgehead atoms. The number of nitrogens with two attached hydrogens (primary N) is 1. The molecule has 2 N–H and O–H groups in total. The molecule has 0 amide bonds. The molecule has 0 aromatic carbocycles. The third-order valence-electron chi connectivity index (χ3n) is 2.31. The van der Waals surface area contributed by atoms with Crippen molar-refractivity contribution < 1.29 is 17.9 Å². The van der Waals surface area contributed by atoms with Gasteiger partial charge in [0.05, 0.1) is 6.61 Å². The molecule has 1 saturated carbocycles. The lowest BCUT2D eigenvalue weighted by Gasteiger charge is -2.14. The number of hydrogen-bond acceptors (Lipinski definition) is 2. The molecule has 2 nitrogen and oxygen atoms in total. The second-order valence-corrected chi connectivity index (χ2v) is 3.65. The van der Waals surface area contributed by atoms with Gasteiger partial charge in [0.2, 0.25) is 0 Å². The Morgan fingerprint density at radius 1 is 1.31 bits per heavy atom. The van der Waals surface area contributed by atoms with Gasteiger partial charge in [-0.15, -0.1) is 0 Å². The molecular formula is C8H14F3NO. The standard InChI is InChI=1S/C8H14F3NO/c9-8(10,11)6-13-5-7(1-2-7)3-4-12/h1-6,12H2. The second-order valence-electron chi connectivity index (χ2n) is 3.65. The zero-order valence-electron chi connectivity index (χ0n) is 7.36. The largest absolute Gasteiger partial charge is 0.411 e. The van der Waals surface area contributed by atoms with E-state index >= 15 is 0 Å². The van der Waals surface area contributed by atoms with E-state index in [1.165, 1.54) is 0 Å². The maximum absolute atomic E-state index is 11.7. The average Bonchev–Trinajstić information content (AvgIpc) is 2.67. The first kappa shape index (κ1) is 10.8. The summed E-state index contributed by atoms with van der Waals surface area (Å²) in [5.41, 5.74) is 5.31. The van der Waals surface area contributed by atoms with Crippen molar-refractivity contribution in [2.24, 2.45) is 11.1 Å². The van der Waals surface area contributed by atoms with Crippen LogP contribution >= 0.6 is 0 Å². The minimum atomic E-state index is -4.21. The monoisotopic (exact) mass is 197 g/mol. The topological polar surface area (TPSA) is 35.2 Å². The molecule has 1 fully saturated rings. The van der Waals surface area contributed by atoms with E-state index in [9.17, 15) is 13.2 Å². The summed E-state index contributed by atoms with van der Waals surface area (Å²) >= 11 is 0. The van der Waals surface area contributed by atoms with E-state index in [0.29, 0.717) is 6.54 Å². The first-order valence-corrected chi connectivity index (χ1v) is 4.32. The van der Waals surface area contributed by atoms with Gasteiger partial charge >= 0.3 is 6.18 Å². The molecular weight excluding hydrogens is 183 g/mol. The zero-order chi connectivity index (χ0) is 9.95. The summed E-state index contributed by atoms with van der Waals surface area (Å²) in [4.78, 5) is 0. The Kier molecular flexibility index (Phi) is 3.18. The number of halogens is 3. The Bertz CT molecular complexity index is 165. The molecule has 1 aliphatic rings. The van der Waals surface area contributed by atoms with Crippen LogP contribution in [0, 0.1) is 5.41 Å². The van der Waals surface area contributed by atoms with Crippen LogP contribution in [0.4, 0.5) is 13.2 Å². The third kappa shape index (κ3) is 3.95. The predicted octanol–water partition coefficient (Wildman–Crippen LogP) is 1.69. The van der Waals surface area contributed by atoms with Crippen LogP contribution in [-0.2, 0) is 4.74 Å². The van der Waals surface area contributed by atoms with Gasteiger partial charge in [0.15, 0.2) is 0 Å². The van der Waals surface area contributed by atoms with Crippen LogP contribution in [0.3, 0.4) is 0 Å². The molecule has 1 aliphatic carbocycles. The summed E-state index contributed by atoms with van der Waals surface area (Å²) in [6.45, 7) is -0.418. The SMILES string of the molecule is NCCC1(COCC(F)(F)F)CC1. The van der Waals surface area contributed by atoms with E-state index in [0.717, 1.165) is 19.3 Å². The van der Waals surface area contributed by atoms with Crippen LogP contribution in [0.5, 0.6) is 0 Å². The van der Waals surface area contributed by atoms with Gasteiger partial charge in [-0.1, -0.05) is 0 Å². The van der Waals surface area contributed by atoms with Crippen LogP contribution in [-0.4, -0.2) is 25.9 Å². The van der Waals surface area contributed by atoms with E-state index in [2.05, 4.69) is 4.74 Å². The van der Waals surface area contributed by atoms with Gasteiger partial charge in [0.1, 0.15) is 6.61 Å². The molecule has 0 aliphatic heterocycles. The molecule has 0 heterocycles. The molecule has 0 radical (unpaired) electrons. The Morgan fingerprint density at radius 2 is 1.92 bits per heavy atom. The van der Waals surface area contributed by atoms with Crippen molar-refractivity contribution in [3.63, 3.8) is 0 Å². The van der Waals surface area contributed by atoms with Gasteiger partial charge in [-0.3, -0.25) is 0 Å². The Morgan fingerprint density at radius 3 is 2.31 bits per heavy atom. The summed E-state index contributed by atoms with van der Waals surface area (Å²) < 4.78 is 39.7. The molecule has 0 saturated heterocycles. The highest BCUT2D eigenvalue weighted by Crippen LogP contribution is 2.48. The summed E-state index contributed by atoms with van der Waals surface area (Å²) in [7, 11) is 0. The lowest BCUT2D eigenvalue weighted by molar-refractivity contribution is -0.177. The maximum atomic E-state index is 11.7. The van der Waals surface area contributed by atoms with Crippen molar-refractivity contribution in [2.75, 3.05) is 19.8 Å². The van der Waals surface area contributed by atoms with Crippen molar-refractivity contribution in [3.8, 4) is 0 Å². The van der Waals surface area contributed by atoms with Gasteiger partial charge in [0, 0.05) is 0 Å². The molecule has 0 atom stereocenters. The number of alkyl halides is 3. The Labute approximate surface area is 75.2 Å². The number of hydrogen-bond donors (Lipinski definition) is 1.